The number of hydrogen-bond acceptors (Lipinski definition) is 7. The minimum absolute atomic E-state index is 0.0832. The molecule has 9 nitrogen and oxygen atoms in total. The number of piperidine rings is 1. The molecule has 0 saturated carbocycles. The minimum atomic E-state index is -0.0832. The molecule has 1 fully saturated rings. The molecule has 3 aromatic rings. The number of aromatic nitrogens is 4. The molecule has 0 spiro atoms. The molecule has 9 heteroatoms. The Hall–Kier alpha value is -3.04. The molecule has 1 saturated heterocycles. The van der Waals surface area contributed by atoms with Crippen LogP contribution in [0, 0.1) is 26.7 Å². The van der Waals surface area contributed by atoms with Crippen molar-refractivity contribution >= 4 is 11.7 Å². The van der Waals surface area contributed by atoms with Gasteiger partial charge in [0.25, 0.3) is 0 Å². The van der Waals surface area contributed by atoms with Crippen LogP contribution in [0.15, 0.2) is 28.7 Å². The highest BCUT2D eigenvalue weighted by molar-refractivity contribution is 5.91. The molecule has 176 valence electrons. The fourth-order valence-corrected chi connectivity index (χ4v) is 4.48. The maximum Gasteiger partial charge on any atom is 0.239 e. The smallest absolute Gasteiger partial charge is 0.239 e. The van der Waals surface area contributed by atoms with E-state index in [1.165, 1.54) is 6.42 Å². The van der Waals surface area contributed by atoms with Crippen molar-refractivity contribution in [1.82, 2.24) is 29.5 Å². The predicted molar refractivity (Wildman–Crippen MR) is 127 cm³/mol. The molecule has 0 bridgehead atoms. The zero-order chi connectivity index (χ0) is 23.5. The molecule has 0 aromatic carbocycles. The van der Waals surface area contributed by atoms with Crippen LogP contribution in [0.5, 0.6) is 0 Å². The van der Waals surface area contributed by atoms with Crippen LogP contribution in [0.3, 0.4) is 0 Å². The monoisotopic (exact) mass is 451 g/mol. The number of anilines is 1. The van der Waals surface area contributed by atoms with Gasteiger partial charge in [0.1, 0.15) is 11.6 Å². The lowest BCUT2D eigenvalue weighted by atomic mass is 9.97. The average Bonchev–Trinajstić information content (AvgIpc) is 3.32. The van der Waals surface area contributed by atoms with Gasteiger partial charge in [-0.15, -0.1) is 0 Å². The Morgan fingerprint density at radius 3 is 2.70 bits per heavy atom. The van der Waals surface area contributed by atoms with Gasteiger partial charge in [0, 0.05) is 24.8 Å². The molecule has 0 unspecified atom stereocenters. The van der Waals surface area contributed by atoms with Crippen LogP contribution in [0.25, 0.3) is 17.4 Å². The number of aryl methyl sites for hydroxylation is 3. The molecule has 1 aliphatic rings. The topological polar surface area (TPSA) is 92.3 Å². The summed E-state index contributed by atoms with van der Waals surface area (Å²) in [4.78, 5) is 26.6. The highest BCUT2D eigenvalue weighted by Crippen LogP contribution is 2.23. The molecule has 1 atom stereocenters. The van der Waals surface area contributed by atoms with E-state index in [1.807, 2.05) is 39.0 Å². The summed E-state index contributed by atoms with van der Waals surface area (Å²) in [5.74, 6) is 3.25. The van der Waals surface area contributed by atoms with Gasteiger partial charge in [-0.05, 0) is 78.4 Å². The first-order chi connectivity index (χ1) is 15.8. The lowest BCUT2D eigenvalue weighted by molar-refractivity contribution is -0.117. The van der Waals surface area contributed by atoms with Crippen molar-refractivity contribution in [3.05, 3.63) is 41.4 Å². The fourth-order valence-electron chi connectivity index (χ4n) is 4.48. The molecular weight excluding hydrogens is 418 g/mol. The van der Waals surface area contributed by atoms with Gasteiger partial charge in [-0.1, -0.05) is 0 Å². The fraction of sp³-hybridized carbons (Fsp3) is 0.500. The predicted octanol–water partition coefficient (Wildman–Crippen LogP) is 3.06. The quantitative estimate of drug-likeness (QED) is 0.590. The van der Waals surface area contributed by atoms with Crippen molar-refractivity contribution in [3.63, 3.8) is 0 Å². The van der Waals surface area contributed by atoms with Crippen LogP contribution in [-0.4, -0.2) is 75.7 Å². The first-order valence-electron chi connectivity index (χ1n) is 11.4. The largest absolute Gasteiger partial charge is 0.458 e. The van der Waals surface area contributed by atoms with Crippen molar-refractivity contribution in [2.45, 2.75) is 33.6 Å². The van der Waals surface area contributed by atoms with Gasteiger partial charge < -0.3 is 14.6 Å². The van der Waals surface area contributed by atoms with Gasteiger partial charge in [-0.25, -0.2) is 14.6 Å². The van der Waals surface area contributed by atoms with Crippen molar-refractivity contribution in [3.8, 4) is 17.4 Å². The van der Waals surface area contributed by atoms with Crippen LogP contribution in [0.2, 0.25) is 0 Å². The number of furan rings is 1. The number of carbonyl (C=O) groups is 1. The Labute approximate surface area is 194 Å². The maximum absolute atomic E-state index is 12.9. The van der Waals surface area contributed by atoms with E-state index in [-0.39, 0.29) is 5.91 Å². The summed E-state index contributed by atoms with van der Waals surface area (Å²) in [5.41, 5.74) is 1.84. The summed E-state index contributed by atoms with van der Waals surface area (Å²) in [6.45, 7) is 9.04. The third kappa shape index (κ3) is 5.85. The van der Waals surface area contributed by atoms with Crippen LogP contribution in [0.1, 0.15) is 30.0 Å². The Morgan fingerprint density at radius 2 is 2.03 bits per heavy atom. The van der Waals surface area contributed by atoms with E-state index >= 15 is 0 Å². The zero-order valence-corrected chi connectivity index (χ0v) is 20.1. The van der Waals surface area contributed by atoms with Gasteiger partial charge in [0.2, 0.25) is 5.91 Å². The second-order valence-corrected chi connectivity index (χ2v) is 9.24. The molecule has 0 radical (unpaired) electrons. The first-order valence-corrected chi connectivity index (χ1v) is 11.4. The first kappa shape index (κ1) is 23.1. The number of amides is 1. The van der Waals surface area contributed by atoms with E-state index < -0.39 is 0 Å². The number of hydrogen-bond donors (Lipinski definition) is 1. The van der Waals surface area contributed by atoms with Crippen molar-refractivity contribution in [1.29, 1.82) is 0 Å². The second-order valence-electron chi connectivity index (χ2n) is 9.24. The van der Waals surface area contributed by atoms with Crippen LogP contribution in [-0.2, 0) is 4.79 Å². The zero-order valence-electron chi connectivity index (χ0n) is 20.1. The molecule has 1 aliphatic heterocycles. The number of rotatable bonds is 7. The SMILES string of the molecule is Cc1cc(C)n(-c2cc(NC(=O)CN3CCC[C@@H](CN(C)C)C3)nc(-c3ccc(C)o3)n2)n1. The highest BCUT2D eigenvalue weighted by atomic mass is 16.3. The third-order valence-corrected chi connectivity index (χ3v) is 5.76. The molecule has 4 rings (SSSR count). The standard InChI is InChI=1S/C24H33N7O2/c1-16-11-17(2)31(28-16)22-12-21(26-24(27-22)20-9-8-18(3)33-20)25-23(32)15-30-10-6-7-19(14-30)13-29(4)5/h8-9,11-12,19H,6-7,10,13-15H2,1-5H3,(H,25,26,27,32)/t19-/m0/s1. The van der Waals surface area contributed by atoms with E-state index in [1.54, 1.807) is 10.7 Å². The van der Waals surface area contributed by atoms with Crippen LogP contribution >= 0.6 is 0 Å². The summed E-state index contributed by atoms with van der Waals surface area (Å²) in [5, 5.41) is 7.51. The van der Waals surface area contributed by atoms with Crippen LogP contribution < -0.4 is 5.32 Å². The second kappa shape index (κ2) is 9.84. The van der Waals surface area contributed by atoms with Gasteiger partial charge >= 0.3 is 0 Å². The van der Waals surface area contributed by atoms with Gasteiger partial charge in [-0.2, -0.15) is 5.10 Å². The molecule has 33 heavy (non-hydrogen) atoms. The van der Waals surface area contributed by atoms with E-state index in [2.05, 4.69) is 44.3 Å². The number of likely N-dealkylation sites (tertiary alicyclic amines) is 1. The summed E-state index contributed by atoms with van der Waals surface area (Å²) in [6.07, 6.45) is 2.32. The minimum Gasteiger partial charge on any atom is -0.458 e. The van der Waals surface area contributed by atoms with Crippen LogP contribution in [0.4, 0.5) is 5.82 Å². The molecular formula is C24H33N7O2. The molecule has 4 heterocycles. The summed E-state index contributed by atoms with van der Waals surface area (Å²) in [7, 11) is 4.19. The van der Waals surface area contributed by atoms with E-state index in [4.69, 9.17) is 4.42 Å². The molecule has 0 aliphatic carbocycles. The van der Waals surface area contributed by atoms with E-state index in [0.717, 1.165) is 43.2 Å². The number of nitrogens with one attached hydrogen (secondary N) is 1. The number of carbonyl (C=O) groups excluding carboxylic acids is 1. The lowest BCUT2D eigenvalue weighted by Crippen LogP contribution is -2.43. The Bertz CT molecular complexity index is 1120. The van der Waals surface area contributed by atoms with Gasteiger partial charge in [0.15, 0.2) is 17.4 Å². The van der Waals surface area contributed by atoms with E-state index in [0.29, 0.717) is 35.7 Å². The lowest BCUT2D eigenvalue weighted by Gasteiger charge is -2.33. The normalized spacial score (nSPS) is 17.0. The highest BCUT2D eigenvalue weighted by Gasteiger charge is 2.22. The Balaban J connectivity index is 1.54. The van der Waals surface area contributed by atoms with Gasteiger partial charge in [0.05, 0.1) is 12.2 Å². The molecule has 1 N–H and O–H groups in total. The summed E-state index contributed by atoms with van der Waals surface area (Å²) < 4.78 is 7.49. The number of nitrogens with zero attached hydrogens (tertiary/aromatic N) is 6. The molecule has 3 aromatic heterocycles. The third-order valence-electron chi connectivity index (χ3n) is 5.76. The molecule has 1 amide bonds. The summed E-state index contributed by atoms with van der Waals surface area (Å²) >= 11 is 0. The average molecular weight is 452 g/mol. The maximum atomic E-state index is 12.9. The van der Waals surface area contributed by atoms with Crippen molar-refractivity contribution < 1.29 is 9.21 Å². The van der Waals surface area contributed by atoms with Crippen molar-refractivity contribution in [2.24, 2.45) is 5.92 Å². The van der Waals surface area contributed by atoms with E-state index in [9.17, 15) is 4.79 Å². The summed E-state index contributed by atoms with van der Waals surface area (Å²) in [6, 6.07) is 7.44. The van der Waals surface area contributed by atoms with Crippen molar-refractivity contribution in [2.75, 3.05) is 45.6 Å². The Morgan fingerprint density at radius 1 is 1.21 bits per heavy atom. The Kier molecular flexibility index (Phi) is 6.90. The van der Waals surface area contributed by atoms with Gasteiger partial charge in [-0.3, -0.25) is 9.69 Å².